The van der Waals surface area contributed by atoms with E-state index in [1.54, 1.807) is 6.08 Å². The van der Waals surface area contributed by atoms with E-state index in [4.69, 9.17) is 4.74 Å². The lowest BCUT2D eigenvalue weighted by Gasteiger charge is -2.29. The van der Waals surface area contributed by atoms with Crippen LogP contribution in [-0.2, 0) is 14.3 Å². The zero-order valence-corrected chi connectivity index (χ0v) is 12.8. The molecule has 1 atom stereocenters. The Bertz CT molecular complexity index is 367. The summed E-state index contributed by atoms with van der Waals surface area (Å²) in [6.07, 6.45) is 7.63. The van der Waals surface area contributed by atoms with Gasteiger partial charge in [-0.3, -0.25) is 0 Å². The summed E-state index contributed by atoms with van der Waals surface area (Å²) in [5.41, 5.74) is 0. The molecule has 0 aromatic heterocycles. The minimum atomic E-state index is -1.22. The number of esters is 1. The van der Waals surface area contributed by atoms with Crippen LogP contribution in [0.2, 0.25) is 0 Å². The summed E-state index contributed by atoms with van der Waals surface area (Å²) in [6.45, 7) is 2.45. The third kappa shape index (κ3) is 11.5. The summed E-state index contributed by atoms with van der Waals surface area (Å²) >= 11 is 0. The Morgan fingerprint density at radius 1 is 1.20 bits per heavy atom. The van der Waals surface area contributed by atoms with Crippen molar-refractivity contribution >= 4 is 11.9 Å². The van der Waals surface area contributed by atoms with E-state index < -0.39 is 18.0 Å². The van der Waals surface area contributed by atoms with Gasteiger partial charge in [0.2, 0.25) is 0 Å². The molecule has 0 aliphatic carbocycles. The molecule has 0 radical (unpaired) electrons. The quantitative estimate of drug-likeness (QED) is 0.270. The number of allylic oxidation sites excluding steroid dienone is 3. The van der Waals surface area contributed by atoms with Gasteiger partial charge in [0.05, 0.1) is 21.1 Å². The number of hydrogen-bond acceptors (Lipinski definition) is 4. The van der Waals surface area contributed by atoms with Crippen molar-refractivity contribution in [1.29, 1.82) is 0 Å². The van der Waals surface area contributed by atoms with Gasteiger partial charge in [-0.25, -0.2) is 4.79 Å². The van der Waals surface area contributed by atoms with E-state index in [0.29, 0.717) is 17.4 Å². The Morgan fingerprint density at radius 2 is 1.85 bits per heavy atom. The van der Waals surface area contributed by atoms with Gasteiger partial charge in [-0.1, -0.05) is 25.2 Å². The number of carboxylic acids is 1. The van der Waals surface area contributed by atoms with Gasteiger partial charge in [-0.15, -0.1) is 0 Å². The fourth-order valence-corrected chi connectivity index (χ4v) is 1.65. The molecule has 0 fully saturated rings. The van der Waals surface area contributed by atoms with Crippen molar-refractivity contribution in [1.82, 2.24) is 0 Å². The largest absolute Gasteiger partial charge is 0.550 e. The van der Waals surface area contributed by atoms with Crippen LogP contribution in [0.15, 0.2) is 24.3 Å². The van der Waals surface area contributed by atoms with Gasteiger partial charge in [0.15, 0.2) is 6.10 Å². The maximum atomic E-state index is 11.6. The standard InChI is InChI=1S/C15H25NO4/c1-5-6-7-8-9-10-15(19)20-13(11-14(17)18)12-16(2,3)4/h6-7,9-10,13H,5,8,11-12H2,1-4H3/b7-6+,10-9+. The van der Waals surface area contributed by atoms with Gasteiger partial charge in [0, 0.05) is 18.5 Å². The Hall–Kier alpha value is -1.62. The molecule has 0 saturated heterocycles. The number of ether oxygens (including phenoxy) is 1. The predicted molar refractivity (Wildman–Crippen MR) is 75.6 cm³/mol. The van der Waals surface area contributed by atoms with Crippen molar-refractivity contribution in [2.45, 2.75) is 32.3 Å². The summed E-state index contributed by atoms with van der Waals surface area (Å²) in [4.78, 5) is 22.3. The average Bonchev–Trinajstić information content (AvgIpc) is 2.25. The smallest absolute Gasteiger partial charge is 0.330 e. The van der Waals surface area contributed by atoms with Crippen LogP contribution in [0.25, 0.3) is 0 Å². The topological polar surface area (TPSA) is 66.4 Å². The van der Waals surface area contributed by atoms with Crippen LogP contribution in [0.5, 0.6) is 0 Å². The molecule has 0 bridgehead atoms. The highest BCUT2D eigenvalue weighted by atomic mass is 16.5. The summed E-state index contributed by atoms with van der Waals surface area (Å²) in [5.74, 6) is -1.74. The third-order valence-corrected chi connectivity index (χ3v) is 2.36. The van der Waals surface area contributed by atoms with Crippen molar-refractivity contribution in [3.63, 3.8) is 0 Å². The van der Waals surface area contributed by atoms with Gasteiger partial charge < -0.3 is 19.1 Å². The molecule has 1 unspecified atom stereocenters. The minimum absolute atomic E-state index is 0.287. The minimum Gasteiger partial charge on any atom is -0.550 e. The van der Waals surface area contributed by atoms with Crippen LogP contribution in [0.4, 0.5) is 0 Å². The Labute approximate surface area is 121 Å². The molecule has 20 heavy (non-hydrogen) atoms. The molecule has 0 amide bonds. The van der Waals surface area contributed by atoms with E-state index in [1.165, 1.54) is 6.08 Å². The van der Waals surface area contributed by atoms with Gasteiger partial charge in [0.1, 0.15) is 6.54 Å². The van der Waals surface area contributed by atoms with Gasteiger partial charge in [0.25, 0.3) is 0 Å². The van der Waals surface area contributed by atoms with E-state index in [-0.39, 0.29) is 6.42 Å². The van der Waals surface area contributed by atoms with Crippen LogP contribution in [0.3, 0.4) is 0 Å². The van der Waals surface area contributed by atoms with Crippen molar-refractivity contribution in [3.8, 4) is 0 Å². The summed E-state index contributed by atoms with van der Waals surface area (Å²) in [6, 6.07) is 0. The molecular formula is C15H25NO4. The number of quaternary nitrogens is 1. The molecule has 0 aromatic rings. The number of nitrogens with zero attached hydrogens (tertiary/aromatic N) is 1. The van der Waals surface area contributed by atoms with E-state index in [1.807, 2.05) is 40.2 Å². The number of likely N-dealkylation sites (N-methyl/N-ethyl adjacent to an activating group) is 1. The summed E-state index contributed by atoms with van der Waals surface area (Å²) in [5, 5.41) is 10.7. The van der Waals surface area contributed by atoms with E-state index in [2.05, 4.69) is 0 Å². The zero-order chi connectivity index (χ0) is 15.6. The highest BCUT2D eigenvalue weighted by molar-refractivity contribution is 5.82. The first-order valence-corrected chi connectivity index (χ1v) is 6.77. The first-order chi connectivity index (χ1) is 9.24. The van der Waals surface area contributed by atoms with Crippen LogP contribution in [0, 0.1) is 0 Å². The number of hydrogen-bond donors (Lipinski definition) is 0. The highest BCUT2D eigenvalue weighted by Gasteiger charge is 2.21. The maximum absolute atomic E-state index is 11.6. The van der Waals surface area contributed by atoms with E-state index in [9.17, 15) is 14.7 Å². The van der Waals surface area contributed by atoms with Crippen LogP contribution >= 0.6 is 0 Å². The molecular weight excluding hydrogens is 258 g/mol. The van der Waals surface area contributed by atoms with Crippen LogP contribution < -0.4 is 5.11 Å². The van der Waals surface area contributed by atoms with E-state index in [0.717, 1.165) is 6.42 Å². The second kappa shape index (κ2) is 9.31. The third-order valence-electron chi connectivity index (χ3n) is 2.36. The van der Waals surface area contributed by atoms with Crippen LogP contribution in [-0.4, -0.2) is 50.2 Å². The molecule has 0 aromatic carbocycles. The predicted octanol–water partition coefficient (Wildman–Crippen LogP) is 0.657. The number of carbonyl (C=O) groups is 2. The van der Waals surface area contributed by atoms with Crippen molar-refractivity contribution in [3.05, 3.63) is 24.3 Å². The zero-order valence-electron chi connectivity index (χ0n) is 12.8. The number of carboxylic acid groups (broad SMARTS) is 1. The molecule has 0 heterocycles. The first-order valence-electron chi connectivity index (χ1n) is 6.77. The summed E-state index contributed by atoms with van der Waals surface area (Å²) < 4.78 is 5.67. The van der Waals surface area contributed by atoms with Crippen molar-refractivity contribution in [2.75, 3.05) is 27.7 Å². The molecule has 0 spiro atoms. The van der Waals surface area contributed by atoms with Crippen molar-refractivity contribution in [2.24, 2.45) is 0 Å². The molecule has 0 rings (SSSR count). The Kier molecular flexibility index (Phi) is 8.56. The highest BCUT2D eigenvalue weighted by Crippen LogP contribution is 2.05. The second-order valence-electron chi connectivity index (χ2n) is 5.63. The van der Waals surface area contributed by atoms with Gasteiger partial charge in [-0.2, -0.15) is 0 Å². The SMILES string of the molecule is CC/C=C/C/C=C/C(=O)OC(CC(=O)[O-])C[N+](C)(C)C. The summed E-state index contributed by atoms with van der Waals surface area (Å²) in [7, 11) is 5.71. The molecule has 114 valence electrons. The lowest BCUT2D eigenvalue weighted by Crippen LogP contribution is -2.45. The second-order valence-corrected chi connectivity index (χ2v) is 5.63. The monoisotopic (exact) mass is 283 g/mol. The number of carbonyl (C=O) groups excluding carboxylic acids is 2. The molecule has 0 aliphatic rings. The molecule has 5 heteroatoms. The first kappa shape index (κ1) is 18.4. The average molecular weight is 283 g/mol. The molecule has 0 N–H and O–H groups in total. The Morgan fingerprint density at radius 3 is 2.35 bits per heavy atom. The lowest BCUT2D eigenvalue weighted by molar-refractivity contribution is -0.873. The number of rotatable bonds is 9. The number of aliphatic carboxylic acids is 1. The van der Waals surface area contributed by atoms with Crippen molar-refractivity contribution < 1.29 is 23.9 Å². The molecule has 5 nitrogen and oxygen atoms in total. The Balaban J connectivity index is 4.38. The van der Waals surface area contributed by atoms with Crippen LogP contribution in [0.1, 0.15) is 26.2 Å². The van der Waals surface area contributed by atoms with Gasteiger partial charge in [-0.05, 0) is 12.8 Å². The lowest BCUT2D eigenvalue weighted by atomic mass is 10.2. The van der Waals surface area contributed by atoms with Gasteiger partial charge >= 0.3 is 5.97 Å². The van der Waals surface area contributed by atoms with E-state index >= 15 is 0 Å². The molecule has 0 aliphatic heterocycles. The normalized spacial score (nSPS) is 13.8. The fraction of sp³-hybridized carbons (Fsp3) is 0.600. The fourth-order valence-electron chi connectivity index (χ4n) is 1.65. The molecule has 0 saturated carbocycles. The maximum Gasteiger partial charge on any atom is 0.330 e.